The van der Waals surface area contributed by atoms with Crippen molar-refractivity contribution in [2.24, 2.45) is 5.73 Å². The molecule has 0 saturated carbocycles. The van der Waals surface area contributed by atoms with Crippen LogP contribution in [0.4, 0.5) is 0 Å². The van der Waals surface area contributed by atoms with Crippen LogP contribution in [-0.2, 0) is 11.2 Å². The van der Waals surface area contributed by atoms with Gasteiger partial charge in [-0.15, -0.1) is 0 Å². The van der Waals surface area contributed by atoms with Crippen LogP contribution in [0.25, 0.3) is 0 Å². The summed E-state index contributed by atoms with van der Waals surface area (Å²) in [4.78, 5) is 12.2. The van der Waals surface area contributed by atoms with Crippen molar-refractivity contribution >= 4 is 5.91 Å². The fraction of sp³-hybridized carbons (Fsp3) is 0.350. The molecule has 2 aromatic carbocycles. The van der Waals surface area contributed by atoms with Crippen LogP contribution in [0.2, 0.25) is 0 Å². The third kappa shape index (κ3) is 6.25. The molecule has 2 atom stereocenters. The lowest BCUT2D eigenvalue weighted by Crippen LogP contribution is -2.30. The first-order chi connectivity index (χ1) is 11.1. The monoisotopic (exact) mass is 310 g/mol. The van der Waals surface area contributed by atoms with Gasteiger partial charge in [-0.3, -0.25) is 4.79 Å². The van der Waals surface area contributed by atoms with Gasteiger partial charge in [-0.05, 0) is 37.3 Å². The highest BCUT2D eigenvalue weighted by Crippen LogP contribution is 2.19. The fourth-order valence-electron chi connectivity index (χ4n) is 2.59. The molecular formula is C20H26N2O. The quantitative estimate of drug-likeness (QED) is 0.782. The molecule has 3 nitrogen and oxygen atoms in total. The predicted octanol–water partition coefficient (Wildman–Crippen LogP) is 3.60. The molecule has 2 aromatic rings. The minimum Gasteiger partial charge on any atom is -0.349 e. The summed E-state index contributed by atoms with van der Waals surface area (Å²) in [7, 11) is 0. The summed E-state index contributed by atoms with van der Waals surface area (Å²) in [6, 6.07) is 20.6. The van der Waals surface area contributed by atoms with Crippen molar-refractivity contribution in [2.45, 2.75) is 44.7 Å². The van der Waals surface area contributed by atoms with E-state index in [1.807, 2.05) is 43.3 Å². The number of benzene rings is 2. The largest absolute Gasteiger partial charge is 0.349 e. The Bertz CT molecular complexity index is 581. The maximum Gasteiger partial charge on any atom is 0.220 e. The topological polar surface area (TPSA) is 55.1 Å². The molecule has 23 heavy (non-hydrogen) atoms. The van der Waals surface area contributed by atoms with Gasteiger partial charge in [0.15, 0.2) is 0 Å². The van der Waals surface area contributed by atoms with E-state index < -0.39 is 0 Å². The van der Waals surface area contributed by atoms with Gasteiger partial charge in [0.05, 0.1) is 6.04 Å². The first-order valence-electron chi connectivity index (χ1n) is 8.29. The van der Waals surface area contributed by atoms with Crippen molar-refractivity contribution in [2.75, 3.05) is 0 Å². The van der Waals surface area contributed by atoms with Crippen molar-refractivity contribution in [3.05, 3.63) is 71.8 Å². The van der Waals surface area contributed by atoms with Gasteiger partial charge in [0.2, 0.25) is 5.91 Å². The standard InChI is InChI=1S/C20H26N2O/c1-16(21)12-15-20(23)22-19(18-10-6-3-7-11-18)14-13-17-8-4-2-5-9-17/h2-11,16,19H,12-15,21H2,1H3,(H,22,23). The van der Waals surface area contributed by atoms with Gasteiger partial charge >= 0.3 is 0 Å². The van der Waals surface area contributed by atoms with Crippen molar-refractivity contribution < 1.29 is 4.79 Å². The summed E-state index contributed by atoms with van der Waals surface area (Å²) < 4.78 is 0. The first-order valence-corrected chi connectivity index (χ1v) is 8.29. The smallest absolute Gasteiger partial charge is 0.220 e. The van der Waals surface area contributed by atoms with Crippen LogP contribution >= 0.6 is 0 Å². The average molecular weight is 310 g/mol. The first kappa shape index (κ1) is 17.2. The lowest BCUT2D eigenvalue weighted by molar-refractivity contribution is -0.122. The van der Waals surface area contributed by atoms with Gasteiger partial charge in [-0.25, -0.2) is 0 Å². The van der Waals surface area contributed by atoms with Crippen molar-refractivity contribution in [3.8, 4) is 0 Å². The Balaban J connectivity index is 1.99. The van der Waals surface area contributed by atoms with E-state index >= 15 is 0 Å². The molecule has 0 aliphatic heterocycles. The highest BCUT2D eigenvalue weighted by atomic mass is 16.1. The van der Waals surface area contributed by atoms with Gasteiger partial charge in [0, 0.05) is 12.5 Å². The van der Waals surface area contributed by atoms with Crippen molar-refractivity contribution in [3.63, 3.8) is 0 Å². The van der Waals surface area contributed by atoms with Crippen molar-refractivity contribution in [1.82, 2.24) is 5.32 Å². The predicted molar refractivity (Wildman–Crippen MR) is 95.0 cm³/mol. The van der Waals surface area contributed by atoms with Crippen LogP contribution in [0.15, 0.2) is 60.7 Å². The van der Waals surface area contributed by atoms with E-state index in [1.54, 1.807) is 0 Å². The Labute approximate surface area is 138 Å². The zero-order chi connectivity index (χ0) is 16.5. The molecule has 2 rings (SSSR count). The minimum atomic E-state index is 0.0389. The SMILES string of the molecule is CC(N)CCC(=O)NC(CCc1ccccc1)c1ccccc1. The van der Waals surface area contributed by atoms with E-state index in [4.69, 9.17) is 5.73 Å². The Morgan fingerprint density at radius 3 is 2.22 bits per heavy atom. The van der Waals surface area contributed by atoms with E-state index in [0.717, 1.165) is 18.4 Å². The number of rotatable bonds is 8. The van der Waals surface area contributed by atoms with Crippen LogP contribution in [0.5, 0.6) is 0 Å². The maximum atomic E-state index is 12.2. The zero-order valence-corrected chi connectivity index (χ0v) is 13.7. The molecule has 0 fully saturated rings. The highest BCUT2D eigenvalue weighted by Gasteiger charge is 2.14. The second-order valence-electron chi connectivity index (χ2n) is 6.07. The Morgan fingerprint density at radius 2 is 1.61 bits per heavy atom. The van der Waals surface area contributed by atoms with E-state index in [-0.39, 0.29) is 18.0 Å². The lowest BCUT2D eigenvalue weighted by atomic mass is 9.98. The summed E-state index contributed by atoms with van der Waals surface area (Å²) in [5, 5.41) is 3.16. The molecule has 0 spiro atoms. The van der Waals surface area contributed by atoms with Crippen LogP contribution in [-0.4, -0.2) is 11.9 Å². The molecule has 3 N–H and O–H groups in total. The number of nitrogens with two attached hydrogens (primary N) is 1. The summed E-state index contributed by atoms with van der Waals surface area (Å²) in [5.74, 6) is 0.0733. The van der Waals surface area contributed by atoms with Crippen LogP contribution in [0.3, 0.4) is 0 Å². The van der Waals surface area contributed by atoms with Crippen molar-refractivity contribution in [1.29, 1.82) is 0 Å². The van der Waals surface area contributed by atoms with E-state index in [9.17, 15) is 4.79 Å². The number of carbonyl (C=O) groups excluding carboxylic acids is 1. The molecule has 2 unspecified atom stereocenters. The average Bonchev–Trinajstić information content (AvgIpc) is 2.58. The van der Waals surface area contributed by atoms with E-state index in [1.165, 1.54) is 5.56 Å². The molecule has 0 radical (unpaired) electrons. The molecule has 0 aliphatic rings. The fourth-order valence-corrected chi connectivity index (χ4v) is 2.59. The van der Waals surface area contributed by atoms with Gasteiger partial charge in [-0.1, -0.05) is 60.7 Å². The normalized spacial score (nSPS) is 13.3. The third-order valence-electron chi connectivity index (χ3n) is 3.93. The summed E-state index contributed by atoms with van der Waals surface area (Å²) >= 11 is 0. The Kier molecular flexibility index (Phi) is 6.82. The second-order valence-corrected chi connectivity index (χ2v) is 6.07. The van der Waals surface area contributed by atoms with Gasteiger partial charge in [-0.2, -0.15) is 0 Å². The van der Waals surface area contributed by atoms with Crippen LogP contribution in [0.1, 0.15) is 43.4 Å². The summed E-state index contributed by atoms with van der Waals surface area (Å²) in [6.07, 6.45) is 3.02. The van der Waals surface area contributed by atoms with Gasteiger partial charge < -0.3 is 11.1 Å². The molecule has 0 bridgehead atoms. The molecule has 122 valence electrons. The van der Waals surface area contributed by atoms with Crippen LogP contribution < -0.4 is 11.1 Å². The number of hydrogen-bond acceptors (Lipinski definition) is 2. The van der Waals surface area contributed by atoms with E-state index in [2.05, 4.69) is 29.6 Å². The number of nitrogens with one attached hydrogen (secondary N) is 1. The molecule has 0 aliphatic carbocycles. The molecular weight excluding hydrogens is 284 g/mol. The maximum absolute atomic E-state index is 12.2. The number of amides is 1. The molecule has 1 amide bonds. The number of hydrogen-bond donors (Lipinski definition) is 2. The molecule has 3 heteroatoms. The van der Waals surface area contributed by atoms with Crippen LogP contribution in [0, 0.1) is 0 Å². The summed E-state index contributed by atoms with van der Waals surface area (Å²) in [6.45, 7) is 1.93. The summed E-state index contributed by atoms with van der Waals surface area (Å²) in [5.41, 5.74) is 8.18. The number of carbonyl (C=O) groups is 1. The second kappa shape index (κ2) is 9.11. The van der Waals surface area contributed by atoms with Gasteiger partial charge in [0.1, 0.15) is 0 Å². The lowest BCUT2D eigenvalue weighted by Gasteiger charge is -2.20. The number of aryl methyl sites for hydroxylation is 1. The molecule has 0 aromatic heterocycles. The zero-order valence-electron chi connectivity index (χ0n) is 13.7. The van der Waals surface area contributed by atoms with Gasteiger partial charge in [0.25, 0.3) is 0 Å². The Morgan fingerprint density at radius 1 is 1.00 bits per heavy atom. The molecule has 0 saturated heterocycles. The highest BCUT2D eigenvalue weighted by molar-refractivity contribution is 5.76. The minimum absolute atomic E-state index is 0.0389. The van der Waals surface area contributed by atoms with E-state index in [0.29, 0.717) is 12.8 Å². The Hall–Kier alpha value is -2.13. The molecule has 0 heterocycles. The third-order valence-corrected chi connectivity index (χ3v) is 3.93.